The van der Waals surface area contributed by atoms with E-state index >= 15 is 0 Å². The summed E-state index contributed by atoms with van der Waals surface area (Å²) in [6.45, 7) is 8.71. The molecule has 0 aliphatic carbocycles. The van der Waals surface area contributed by atoms with E-state index in [9.17, 15) is 0 Å². The second-order valence-corrected chi connectivity index (χ2v) is 2.20. The lowest BCUT2D eigenvalue weighted by Crippen LogP contribution is -1.95. The van der Waals surface area contributed by atoms with Crippen molar-refractivity contribution in [3.05, 3.63) is 23.8 Å². The lowest BCUT2D eigenvalue weighted by molar-refractivity contribution is 0.227. The van der Waals surface area contributed by atoms with Gasteiger partial charge in [0.1, 0.15) is 0 Å². The van der Waals surface area contributed by atoms with E-state index in [1.807, 2.05) is 6.92 Å². The molecular formula is C9H16O. The van der Waals surface area contributed by atoms with Crippen molar-refractivity contribution in [2.24, 2.45) is 0 Å². The van der Waals surface area contributed by atoms with Gasteiger partial charge in [-0.15, -0.1) is 0 Å². The third-order valence-electron chi connectivity index (χ3n) is 1.53. The number of allylic oxidation sites excluding steroid dienone is 1. The molecule has 0 aliphatic rings. The van der Waals surface area contributed by atoms with Crippen LogP contribution in [-0.4, -0.2) is 13.7 Å². The molecule has 0 aromatic heterocycles. The summed E-state index contributed by atoms with van der Waals surface area (Å²) in [5, 5.41) is 0. The Morgan fingerprint density at radius 2 is 2.20 bits per heavy atom. The Morgan fingerprint density at radius 3 is 2.50 bits per heavy atom. The summed E-state index contributed by atoms with van der Waals surface area (Å²) in [6.07, 6.45) is 3.05. The number of hydrogen-bond donors (Lipinski definition) is 0. The van der Waals surface area contributed by atoms with Crippen LogP contribution in [0.15, 0.2) is 23.8 Å². The van der Waals surface area contributed by atoms with E-state index in [0.717, 1.165) is 6.42 Å². The highest BCUT2D eigenvalue weighted by atomic mass is 16.5. The summed E-state index contributed by atoms with van der Waals surface area (Å²) in [4.78, 5) is 0. The first-order chi connectivity index (χ1) is 4.76. The molecule has 0 heterocycles. The first kappa shape index (κ1) is 9.44. The Balaban J connectivity index is 3.95. The summed E-state index contributed by atoms with van der Waals surface area (Å²) in [5.41, 5.74) is 2.38. The second-order valence-electron chi connectivity index (χ2n) is 2.20. The molecule has 0 atom stereocenters. The van der Waals surface area contributed by atoms with Gasteiger partial charge in [0.05, 0.1) is 6.61 Å². The van der Waals surface area contributed by atoms with Gasteiger partial charge in [-0.1, -0.05) is 25.2 Å². The molecule has 0 saturated carbocycles. The van der Waals surface area contributed by atoms with Crippen LogP contribution in [0.5, 0.6) is 0 Å². The molecule has 0 aromatic rings. The maximum atomic E-state index is 4.99. The van der Waals surface area contributed by atoms with Crippen LogP contribution >= 0.6 is 0 Å². The monoisotopic (exact) mass is 140 g/mol. The van der Waals surface area contributed by atoms with Crippen LogP contribution in [0.2, 0.25) is 0 Å². The van der Waals surface area contributed by atoms with Crippen LogP contribution in [0.4, 0.5) is 0 Å². The van der Waals surface area contributed by atoms with Gasteiger partial charge in [-0.25, -0.2) is 0 Å². The number of methoxy groups -OCH3 is 1. The van der Waals surface area contributed by atoms with Crippen molar-refractivity contribution in [2.45, 2.75) is 20.3 Å². The van der Waals surface area contributed by atoms with Gasteiger partial charge in [-0.3, -0.25) is 0 Å². The van der Waals surface area contributed by atoms with Crippen molar-refractivity contribution in [1.29, 1.82) is 0 Å². The highest BCUT2D eigenvalue weighted by molar-refractivity contribution is 5.27. The van der Waals surface area contributed by atoms with Gasteiger partial charge >= 0.3 is 0 Å². The van der Waals surface area contributed by atoms with Crippen LogP contribution in [0, 0.1) is 0 Å². The van der Waals surface area contributed by atoms with E-state index in [2.05, 4.69) is 19.6 Å². The van der Waals surface area contributed by atoms with Gasteiger partial charge in [0.15, 0.2) is 0 Å². The van der Waals surface area contributed by atoms with Crippen LogP contribution in [-0.2, 0) is 4.74 Å². The molecule has 0 amide bonds. The third-order valence-corrected chi connectivity index (χ3v) is 1.53. The predicted molar refractivity (Wildman–Crippen MR) is 45.1 cm³/mol. The zero-order valence-corrected chi connectivity index (χ0v) is 7.11. The summed E-state index contributed by atoms with van der Waals surface area (Å²) in [5.74, 6) is 0. The van der Waals surface area contributed by atoms with Crippen molar-refractivity contribution in [3.63, 3.8) is 0 Å². The molecule has 58 valence electrons. The molecule has 0 aromatic carbocycles. The Hall–Kier alpha value is -0.560. The first-order valence-corrected chi connectivity index (χ1v) is 3.58. The fourth-order valence-corrected chi connectivity index (χ4v) is 0.772. The number of rotatable bonds is 4. The zero-order chi connectivity index (χ0) is 7.98. The Kier molecular flexibility index (Phi) is 4.95. The van der Waals surface area contributed by atoms with Crippen LogP contribution < -0.4 is 0 Å². The molecule has 0 unspecified atom stereocenters. The predicted octanol–water partition coefficient (Wildman–Crippen LogP) is 2.55. The van der Waals surface area contributed by atoms with E-state index in [4.69, 9.17) is 4.74 Å². The highest BCUT2D eigenvalue weighted by Gasteiger charge is 1.96. The molecule has 1 heteroatoms. The topological polar surface area (TPSA) is 9.23 Å². The molecule has 0 saturated heterocycles. The summed E-state index contributed by atoms with van der Waals surface area (Å²) in [6, 6.07) is 0. The minimum atomic E-state index is 0.684. The normalized spacial score (nSPS) is 11.7. The van der Waals surface area contributed by atoms with Gasteiger partial charge < -0.3 is 4.74 Å². The van der Waals surface area contributed by atoms with Crippen molar-refractivity contribution >= 4 is 0 Å². The van der Waals surface area contributed by atoms with E-state index in [1.54, 1.807) is 7.11 Å². The first-order valence-electron chi connectivity index (χ1n) is 3.58. The minimum absolute atomic E-state index is 0.684. The highest BCUT2D eigenvalue weighted by Crippen LogP contribution is 2.10. The molecular weight excluding hydrogens is 124 g/mol. The van der Waals surface area contributed by atoms with Crippen molar-refractivity contribution in [1.82, 2.24) is 0 Å². The quantitative estimate of drug-likeness (QED) is 0.545. The fraction of sp³-hybridized carbons (Fsp3) is 0.556. The third kappa shape index (κ3) is 2.83. The van der Waals surface area contributed by atoms with E-state index < -0.39 is 0 Å². The van der Waals surface area contributed by atoms with Gasteiger partial charge in [0, 0.05) is 7.11 Å². The largest absolute Gasteiger partial charge is 0.380 e. The Morgan fingerprint density at radius 1 is 1.60 bits per heavy atom. The lowest BCUT2D eigenvalue weighted by Gasteiger charge is -2.05. The SMILES string of the molecule is C=C(CC)/C(=C\C)COC. The van der Waals surface area contributed by atoms with Crippen LogP contribution in [0.25, 0.3) is 0 Å². The van der Waals surface area contributed by atoms with E-state index in [1.165, 1.54) is 11.1 Å². The summed E-state index contributed by atoms with van der Waals surface area (Å²) >= 11 is 0. The molecule has 0 radical (unpaired) electrons. The molecule has 0 rings (SSSR count). The Labute approximate surface area is 63.4 Å². The average molecular weight is 140 g/mol. The molecule has 1 nitrogen and oxygen atoms in total. The molecule has 0 N–H and O–H groups in total. The second kappa shape index (κ2) is 5.24. The zero-order valence-electron chi connectivity index (χ0n) is 7.11. The van der Waals surface area contributed by atoms with E-state index in [-0.39, 0.29) is 0 Å². The van der Waals surface area contributed by atoms with E-state index in [0.29, 0.717) is 6.61 Å². The maximum absolute atomic E-state index is 4.99. The van der Waals surface area contributed by atoms with Crippen molar-refractivity contribution in [3.8, 4) is 0 Å². The smallest absolute Gasteiger partial charge is 0.0712 e. The minimum Gasteiger partial charge on any atom is -0.380 e. The van der Waals surface area contributed by atoms with Crippen LogP contribution in [0.3, 0.4) is 0 Å². The van der Waals surface area contributed by atoms with Gasteiger partial charge in [0.2, 0.25) is 0 Å². The molecule has 0 bridgehead atoms. The average Bonchev–Trinajstić information content (AvgIpc) is 1.99. The number of ether oxygens (including phenoxy) is 1. The standard InChI is InChI=1S/C9H16O/c1-5-8(3)9(6-2)7-10-4/h6H,3,5,7H2,1-2,4H3/b9-6-. The molecule has 0 aliphatic heterocycles. The van der Waals surface area contributed by atoms with Crippen LogP contribution in [0.1, 0.15) is 20.3 Å². The lowest BCUT2D eigenvalue weighted by atomic mass is 10.1. The molecule has 0 spiro atoms. The van der Waals surface area contributed by atoms with Crippen molar-refractivity contribution < 1.29 is 4.74 Å². The van der Waals surface area contributed by atoms with Gasteiger partial charge in [0.25, 0.3) is 0 Å². The fourth-order valence-electron chi connectivity index (χ4n) is 0.772. The van der Waals surface area contributed by atoms with Crippen molar-refractivity contribution in [2.75, 3.05) is 13.7 Å². The summed E-state index contributed by atoms with van der Waals surface area (Å²) < 4.78 is 4.99. The molecule has 10 heavy (non-hydrogen) atoms. The maximum Gasteiger partial charge on any atom is 0.0712 e. The van der Waals surface area contributed by atoms with Gasteiger partial charge in [-0.05, 0) is 18.9 Å². The Bertz CT molecular complexity index is 134. The summed E-state index contributed by atoms with van der Waals surface area (Å²) in [7, 11) is 1.70. The number of hydrogen-bond acceptors (Lipinski definition) is 1. The molecule has 0 fully saturated rings. The van der Waals surface area contributed by atoms with Gasteiger partial charge in [-0.2, -0.15) is 0 Å².